The zero-order valence-corrected chi connectivity index (χ0v) is 17.0. The van der Waals surface area contributed by atoms with Crippen LogP contribution in [0, 0.1) is 0 Å². The maximum atomic E-state index is 12.4. The Labute approximate surface area is 167 Å². The van der Waals surface area contributed by atoms with Gasteiger partial charge in [0.25, 0.3) is 0 Å². The van der Waals surface area contributed by atoms with E-state index in [2.05, 4.69) is 15.9 Å². The Bertz CT molecular complexity index is 950. The van der Waals surface area contributed by atoms with Crippen molar-refractivity contribution in [1.82, 2.24) is 4.90 Å². The summed E-state index contributed by atoms with van der Waals surface area (Å²) in [6.07, 6.45) is 2.60. The van der Waals surface area contributed by atoms with Gasteiger partial charge in [0.1, 0.15) is 11.5 Å². The van der Waals surface area contributed by atoms with Gasteiger partial charge in [-0.05, 0) is 47.4 Å². The van der Waals surface area contributed by atoms with Gasteiger partial charge < -0.3 is 10.0 Å². The van der Waals surface area contributed by atoms with Crippen LogP contribution >= 0.6 is 15.9 Å². The average Bonchev–Trinajstić information content (AvgIpc) is 2.64. The number of rotatable bonds is 5. The number of hydrogen-bond donors (Lipinski definition) is 1. The first kappa shape index (κ1) is 19.6. The lowest BCUT2D eigenvalue weighted by Crippen LogP contribution is -2.38. The number of halogens is 1. The van der Waals surface area contributed by atoms with Gasteiger partial charge in [-0.1, -0.05) is 46.3 Å². The molecule has 0 atom stereocenters. The van der Waals surface area contributed by atoms with Crippen molar-refractivity contribution in [1.29, 1.82) is 0 Å². The van der Waals surface area contributed by atoms with Crippen LogP contribution in [-0.4, -0.2) is 43.2 Å². The van der Waals surface area contributed by atoms with Crippen LogP contribution in [0.25, 0.3) is 5.57 Å². The zero-order valence-electron chi connectivity index (χ0n) is 14.6. The molecule has 3 rings (SSSR count). The van der Waals surface area contributed by atoms with Gasteiger partial charge in [0.15, 0.2) is 9.84 Å². The molecule has 0 radical (unpaired) electrons. The minimum absolute atomic E-state index is 0.144. The first-order valence-electron chi connectivity index (χ1n) is 8.53. The monoisotopic (exact) mass is 449 g/mol. The molecule has 0 saturated heterocycles. The van der Waals surface area contributed by atoms with E-state index in [0.29, 0.717) is 25.1 Å². The SMILES string of the molecule is O=C(CS(=O)(=O)Cc1ccc(Br)cc1)N1CC=C(c2ccc(O)cc2)CC1. The van der Waals surface area contributed by atoms with Crippen LogP contribution in [0.1, 0.15) is 17.5 Å². The van der Waals surface area contributed by atoms with Crippen LogP contribution in [0.2, 0.25) is 0 Å². The molecule has 1 aliphatic heterocycles. The van der Waals surface area contributed by atoms with Crippen molar-refractivity contribution in [2.45, 2.75) is 12.2 Å². The second-order valence-corrected chi connectivity index (χ2v) is 9.50. The molecule has 0 aliphatic carbocycles. The number of carbonyl (C=O) groups is 1. The van der Waals surface area contributed by atoms with E-state index in [0.717, 1.165) is 15.6 Å². The van der Waals surface area contributed by atoms with Gasteiger partial charge >= 0.3 is 0 Å². The number of amides is 1. The molecule has 5 nitrogen and oxygen atoms in total. The number of carbonyl (C=O) groups excluding carboxylic acids is 1. The third kappa shape index (κ3) is 5.43. The Hall–Kier alpha value is -2.12. The minimum atomic E-state index is -3.52. The third-order valence-electron chi connectivity index (χ3n) is 4.44. The third-order valence-corrected chi connectivity index (χ3v) is 6.43. The molecule has 0 spiro atoms. The lowest BCUT2D eigenvalue weighted by molar-refractivity contribution is -0.128. The molecule has 2 aromatic rings. The van der Waals surface area contributed by atoms with Gasteiger partial charge in [-0.2, -0.15) is 0 Å². The van der Waals surface area contributed by atoms with Crippen LogP contribution in [0.5, 0.6) is 5.75 Å². The molecule has 1 heterocycles. The Morgan fingerprint density at radius 2 is 1.74 bits per heavy atom. The summed E-state index contributed by atoms with van der Waals surface area (Å²) in [4.78, 5) is 14.0. The number of phenolic OH excluding ortho intramolecular Hbond substituents is 1. The quantitative estimate of drug-likeness (QED) is 0.758. The highest BCUT2D eigenvalue weighted by Crippen LogP contribution is 2.24. The van der Waals surface area contributed by atoms with E-state index in [1.54, 1.807) is 41.3 Å². The standard InChI is InChI=1S/C20H20BrNO4S/c21-18-5-1-15(2-6-18)13-27(25,26)14-20(24)22-11-9-17(10-12-22)16-3-7-19(23)8-4-16/h1-9,23H,10-14H2. The predicted molar refractivity (Wildman–Crippen MR) is 109 cm³/mol. The number of nitrogens with zero attached hydrogens (tertiary/aromatic N) is 1. The number of hydrogen-bond acceptors (Lipinski definition) is 4. The highest BCUT2D eigenvalue weighted by Gasteiger charge is 2.24. The largest absolute Gasteiger partial charge is 0.508 e. The van der Waals surface area contributed by atoms with Crippen LogP contribution in [0.4, 0.5) is 0 Å². The number of phenols is 1. The summed E-state index contributed by atoms with van der Waals surface area (Å²) in [7, 11) is -3.52. The van der Waals surface area contributed by atoms with Crippen molar-refractivity contribution in [2.75, 3.05) is 18.8 Å². The molecule has 142 valence electrons. The summed E-state index contributed by atoms with van der Waals surface area (Å²) in [5.41, 5.74) is 2.76. The second kappa shape index (κ2) is 8.27. The Balaban J connectivity index is 1.60. The molecule has 1 amide bonds. The van der Waals surface area contributed by atoms with Crippen LogP contribution in [0.15, 0.2) is 59.1 Å². The molecular weight excluding hydrogens is 430 g/mol. The Kier molecular flexibility index (Phi) is 6.01. The van der Waals surface area contributed by atoms with Crippen LogP contribution < -0.4 is 0 Å². The molecule has 0 fully saturated rings. The zero-order chi connectivity index (χ0) is 19.4. The summed E-state index contributed by atoms with van der Waals surface area (Å²) in [5, 5.41) is 9.37. The van der Waals surface area contributed by atoms with Crippen molar-refractivity contribution in [2.24, 2.45) is 0 Å². The lowest BCUT2D eigenvalue weighted by Gasteiger charge is -2.26. The maximum absolute atomic E-state index is 12.4. The first-order valence-corrected chi connectivity index (χ1v) is 11.1. The molecular formula is C20H20BrNO4S. The summed E-state index contributed by atoms with van der Waals surface area (Å²) >= 11 is 3.31. The second-order valence-electron chi connectivity index (χ2n) is 6.52. The van der Waals surface area contributed by atoms with E-state index in [4.69, 9.17) is 0 Å². The predicted octanol–water partition coefficient (Wildman–Crippen LogP) is 3.39. The van der Waals surface area contributed by atoms with E-state index in [-0.39, 0.29) is 17.4 Å². The van der Waals surface area contributed by atoms with E-state index >= 15 is 0 Å². The fourth-order valence-electron chi connectivity index (χ4n) is 3.00. The van der Waals surface area contributed by atoms with E-state index < -0.39 is 15.6 Å². The normalized spacial score (nSPS) is 14.7. The van der Waals surface area contributed by atoms with E-state index in [1.165, 1.54) is 0 Å². The Morgan fingerprint density at radius 1 is 1.07 bits per heavy atom. The fraction of sp³-hybridized carbons (Fsp3) is 0.250. The summed E-state index contributed by atoms with van der Waals surface area (Å²) < 4.78 is 25.6. The van der Waals surface area contributed by atoms with Crippen molar-refractivity contribution in [3.05, 3.63) is 70.2 Å². The summed E-state index contributed by atoms with van der Waals surface area (Å²) in [5.74, 6) is -0.782. The van der Waals surface area contributed by atoms with Gasteiger partial charge in [0.2, 0.25) is 5.91 Å². The Morgan fingerprint density at radius 3 is 2.33 bits per heavy atom. The van der Waals surface area contributed by atoms with Crippen molar-refractivity contribution < 1.29 is 18.3 Å². The topological polar surface area (TPSA) is 74.7 Å². The summed E-state index contributed by atoms with van der Waals surface area (Å²) in [6.45, 7) is 0.877. The minimum Gasteiger partial charge on any atom is -0.508 e. The van der Waals surface area contributed by atoms with Gasteiger partial charge in [-0.3, -0.25) is 4.79 Å². The average molecular weight is 450 g/mol. The van der Waals surface area contributed by atoms with Crippen LogP contribution in [0.3, 0.4) is 0 Å². The van der Waals surface area contributed by atoms with Crippen LogP contribution in [-0.2, 0) is 20.4 Å². The van der Waals surface area contributed by atoms with Gasteiger partial charge in [-0.25, -0.2) is 8.42 Å². The molecule has 27 heavy (non-hydrogen) atoms. The van der Waals surface area contributed by atoms with Crippen molar-refractivity contribution in [3.8, 4) is 5.75 Å². The molecule has 1 N–H and O–H groups in total. The van der Waals surface area contributed by atoms with E-state index in [9.17, 15) is 18.3 Å². The molecule has 7 heteroatoms. The van der Waals surface area contributed by atoms with Gasteiger partial charge in [-0.15, -0.1) is 0 Å². The van der Waals surface area contributed by atoms with Crippen molar-refractivity contribution >= 4 is 37.2 Å². The van der Waals surface area contributed by atoms with E-state index in [1.807, 2.05) is 18.2 Å². The highest BCUT2D eigenvalue weighted by atomic mass is 79.9. The maximum Gasteiger partial charge on any atom is 0.238 e. The number of sulfone groups is 1. The number of aromatic hydroxyl groups is 1. The van der Waals surface area contributed by atoms with Gasteiger partial charge in [0, 0.05) is 17.6 Å². The highest BCUT2D eigenvalue weighted by molar-refractivity contribution is 9.10. The molecule has 0 saturated carbocycles. The fourth-order valence-corrected chi connectivity index (χ4v) is 4.62. The molecule has 0 aromatic heterocycles. The lowest BCUT2D eigenvalue weighted by atomic mass is 9.99. The number of benzene rings is 2. The first-order chi connectivity index (χ1) is 12.8. The smallest absolute Gasteiger partial charge is 0.238 e. The molecule has 0 bridgehead atoms. The molecule has 0 unspecified atom stereocenters. The van der Waals surface area contributed by atoms with Gasteiger partial charge in [0.05, 0.1) is 5.75 Å². The molecule has 1 aliphatic rings. The summed E-state index contributed by atoms with van der Waals surface area (Å²) in [6, 6.07) is 14.0. The van der Waals surface area contributed by atoms with Crippen molar-refractivity contribution in [3.63, 3.8) is 0 Å². The molecule has 2 aromatic carbocycles.